The maximum atomic E-state index is 12.3. The van der Waals surface area contributed by atoms with Crippen molar-refractivity contribution in [2.75, 3.05) is 5.88 Å². The first-order chi connectivity index (χ1) is 9.13. The van der Waals surface area contributed by atoms with Gasteiger partial charge in [-0.1, -0.05) is 26.2 Å². The van der Waals surface area contributed by atoms with Crippen LogP contribution >= 0.6 is 11.6 Å². The van der Waals surface area contributed by atoms with Crippen LogP contribution in [0.15, 0.2) is 0 Å². The highest BCUT2D eigenvalue weighted by Gasteiger charge is 2.35. The molecule has 1 amide bonds. The third-order valence-corrected chi connectivity index (χ3v) is 5.60. The summed E-state index contributed by atoms with van der Waals surface area (Å²) in [7, 11) is 0. The summed E-state index contributed by atoms with van der Waals surface area (Å²) in [5.74, 6) is 2.20. The lowest BCUT2D eigenvalue weighted by Gasteiger charge is -2.39. The zero-order valence-electron chi connectivity index (χ0n) is 12.2. The molecule has 3 heteroatoms. The molecule has 19 heavy (non-hydrogen) atoms. The van der Waals surface area contributed by atoms with Crippen molar-refractivity contribution in [2.24, 2.45) is 11.8 Å². The molecule has 1 N–H and O–H groups in total. The van der Waals surface area contributed by atoms with Gasteiger partial charge in [-0.25, -0.2) is 0 Å². The smallest absolute Gasteiger partial charge is 0.220 e. The van der Waals surface area contributed by atoms with Crippen LogP contribution in [-0.4, -0.2) is 17.3 Å². The van der Waals surface area contributed by atoms with Crippen molar-refractivity contribution < 1.29 is 4.79 Å². The van der Waals surface area contributed by atoms with E-state index in [-0.39, 0.29) is 11.4 Å². The molecule has 0 aromatic rings. The summed E-state index contributed by atoms with van der Waals surface area (Å²) < 4.78 is 0. The monoisotopic (exact) mass is 285 g/mol. The van der Waals surface area contributed by atoms with Crippen LogP contribution in [0.5, 0.6) is 0 Å². The third-order valence-electron chi connectivity index (χ3n) is 5.09. The number of hydrogen-bond acceptors (Lipinski definition) is 1. The molecule has 2 aliphatic rings. The molecule has 110 valence electrons. The van der Waals surface area contributed by atoms with Crippen molar-refractivity contribution >= 4 is 17.5 Å². The molecule has 0 aromatic carbocycles. The van der Waals surface area contributed by atoms with Gasteiger partial charge in [-0.05, 0) is 50.4 Å². The fourth-order valence-corrected chi connectivity index (χ4v) is 3.94. The van der Waals surface area contributed by atoms with E-state index in [0.717, 1.165) is 18.8 Å². The number of amides is 1. The Kier molecular flexibility index (Phi) is 5.56. The zero-order chi connectivity index (χ0) is 13.7. The van der Waals surface area contributed by atoms with Crippen LogP contribution < -0.4 is 5.32 Å². The van der Waals surface area contributed by atoms with Crippen LogP contribution in [0.4, 0.5) is 0 Å². The van der Waals surface area contributed by atoms with Crippen LogP contribution in [-0.2, 0) is 4.79 Å². The molecule has 2 rings (SSSR count). The minimum absolute atomic E-state index is 0.111. The quantitative estimate of drug-likeness (QED) is 0.768. The van der Waals surface area contributed by atoms with E-state index in [1.54, 1.807) is 0 Å². The summed E-state index contributed by atoms with van der Waals surface area (Å²) in [4.78, 5) is 12.3. The lowest BCUT2D eigenvalue weighted by Crippen LogP contribution is -2.52. The van der Waals surface area contributed by atoms with Gasteiger partial charge in [0.15, 0.2) is 0 Å². The van der Waals surface area contributed by atoms with E-state index in [4.69, 9.17) is 11.6 Å². The largest absolute Gasteiger partial charge is 0.349 e. The number of alkyl halides is 1. The molecule has 0 unspecified atom stereocenters. The van der Waals surface area contributed by atoms with Crippen molar-refractivity contribution in [3.05, 3.63) is 0 Å². The number of rotatable bonds is 4. The van der Waals surface area contributed by atoms with E-state index in [1.165, 1.54) is 44.9 Å². The predicted molar refractivity (Wildman–Crippen MR) is 80.4 cm³/mol. The van der Waals surface area contributed by atoms with Crippen molar-refractivity contribution in [1.82, 2.24) is 5.32 Å². The Balaban J connectivity index is 1.82. The van der Waals surface area contributed by atoms with Crippen LogP contribution in [0.1, 0.15) is 71.1 Å². The Morgan fingerprint density at radius 1 is 1.16 bits per heavy atom. The standard InChI is InChI=1S/C16H28ClNO/c1-13-7-9-16(12-17,10-8-13)18-15(19)11-14-5-3-2-4-6-14/h13-14H,2-12H2,1H3,(H,18,19). The predicted octanol–water partition coefficient (Wildman–Crippen LogP) is 4.26. The van der Waals surface area contributed by atoms with Gasteiger partial charge in [0.2, 0.25) is 5.91 Å². The molecule has 2 saturated carbocycles. The van der Waals surface area contributed by atoms with Crippen molar-refractivity contribution in [2.45, 2.75) is 76.7 Å². The molecule has 2 nitrogen and oxygen atoms in total. The fraction of sp³-hybridized carbons (Fsp3) is 0.938. The Morgan fingerprint density at radius 3 is 2.37 bits per heavy atom. The maximum absolute atomic E-state index is 12.3. The van der Waals surface area contributed by atoms with Gasteiger partial charge in [0.05, 0.1) is 5.54 Å². The number of carbonyl (C=O) groups excluding carboxylic acids is 1. The topological polar surface area (TPSA) is 29.1 Å². The minimum atomic E-state index is -0.111. The second-order valence-electron chi connectivity index (χ2n) is 6.85. The highest BCUT2D eigenvalue weighted by molar-refractivity contribution is 6.18. The molecule has 0 atom stereocenters. The number of halogens is 1. The molecule has 0 aliphatic heterocycles. The molecule has 0 heterocycles. The number of nitrogens with one attached hydrogen (secondary N) is 1. The highest BCUT2D eigenvalue weighted by atomic mass is 35.5. The van der Waals surface area contributed by atoms with Gasteiger partial charge in [-0.15, -0.1) is 11.6 Å². The first kappa shape index (κ1) is 15.2. The average Bonchev–Trinajstić information content (AvgIpc) is 2.43. The lowest BCUT2D eigenvalue weighted by molar-refractivity contribution is -0.124. The van der Waals surface area contributed by atoms with E-state index in [0.29, 0.717) is 18.2 Å². The summed E-state index contributed by atoms with van der Waals surface area (Å²) in [5, 5.41) is 3.28. The van der Waals surface area contributed by atoms with Gasteiger partial charge < -0.3 is 5.32 Å². The highest BCUT2D eigenvalue weighted by Crippen LogP contribution is 2.33. The van der Waals surface area contributed by atoms with Crippen LogP contribution in [0, 0.1) is 11.8 Å². The number of hydrogen-bond donors (Lipinski definition) is 1. The zero-order valence-corrected chi connectivity index (χ0v) is 13.0. The van der Waals surface area contributed by atoms with E-state index >= 15 is 0 Å². The van der Waals surface area contributed by atoms with Gasteiger partial charge >= 0.3 is 0 Å². The average molecular weight is 286 g/mol. The Labute approximate surface area is 122 Å². The van der Waals surface area contributed by atoms with Crippen molar-refractivity contribution in [3.8, 4) is 0 Å². The SMILES string of the molecule is CC1CCC(CCl)(NC(=O)CC2CCCCC2)CC1. The summed E-state index contributed by atoms with van der Waals surface area (Å²) in [5.41, 5.74) is -0.111. The van der Waals surface area contributed by atoms with Crippen molar-refractivity contribution in [1.29, 1.82) is 0 Å². The fourth-order valence-electron chi connectivity index (χ4n) is 3.61. The normalized spacial score (nSPS) is 33.1. The number of carbonyl (C=O) groups is 1. The first-order valence-corrected chi connectivity index (χ1v) is 8.54. The maximum Gasteiger partial charge on any atom is 0.220 e. The van der Waals surface area contributed by atoms with Gasteiger partial charge in [-0.3, -0.25) is 4.79 Å². The van der Waals surface area contributed by atoms with Gasteiger partial charge in [0, 0.05) is 12.3 Å². The van der Waals surface area contributed by atoms with Gasteiger partial charge in [0.1, 0.15) is 0 Å². The van der Waals surface area contributed by atoms with Crippen LogP contribution in [0.25, 0.3) is 0 Å². The Hall–Kier alpha value is -0.240. The first-order valence-electron chi connectivity index (χ1n) is 8.00. The summed E-state index contributed by atoms with van der Waals surface area (Å²) >= 11 is 6.16. The molecule has 0 spiro atoms. The van der Waals surface area contributed by atoms with Gasteiger partial charge in [0.25, 0.3) is 0 Å². The Bertz CT molecular complexity index is 291. The third kappa shape index (κ3) is 4.37. The lowest BCUT2D eigenvalue weighted by atomic mass is 9.78. The molecule has 2 aliphatic carbocycles. The van der Waals surface area contributed by atoms with E-state index in [9.17, 15) is 4.79 Å². The summed E-state index contributed by atoms with van der Waals surface area (Å²) in [6.07, 6.45) is 11.6. The molecule has 0 aromatic heterocycles. The second-order valence-corrected chi connectivity index (χ2v) is 7.12. The minimum Gasteiger partial charge on any atom is -0.349 e. The molecule has 0 saturated heterocycles. The molecule has 2 fully saturated rings. The molecule has 0 radical (unpaired) electrons. The molecular formula is C16H28ClNO. The Morgan fingerprint density at radius 2 is 1.79 bits per heavy atom. The second kappa shape index (κ2) is 6.97. The molecule has 0 bridgehead atoms. The van der Waals surface area contributed by atoms with Crippen LogP contribution in [0.2, 0.25) is 0 Å². The summed E-state index contributed by atoms with van der Waals surface area (Å²) in [6.45, 7) is 2.29. The van der Waals surface area contributed by atoms with Crippen LogP contribution in [0.3, 0.4) is 0 Å². The van der Waals surface area contributed by atoms with E-state index < -0.39 is 0 Å². The molecular weight excluding hydrogens is 258 g/mol. The summed E-state index contributed by atoms with van der Waals surface area (Å²) in [6, 6.07) is 0. The van der Waals surface area contributed by atoms with Gasteiger partial charge in [-0.2, -0.15) is 0 Å². The van der Waals surface area contributed by atoms with E-state index in [1.807, 2.05) is 0 Å². The van der Waals surface area contributed by atoms with E-state index in [2.05, 4.69) is 12.2 Å². The van der Waals surface area contributed by atoms with Crippen molar-refractivity contribution in [3.63, 3.8) is 0 Å².